The average molecular weight is 262 g/mol. The second-order valence-corrected chi connectivity index (χ2v) is 5.91. The normalized spacial score (nSPS) is 25.6. The Kier molecular flexibility index (Phi) is 3.62. The molecule has 1 rings (SSSR count). The van der Waals surface area contributed by atoms with Crippen molar-refractivity contribution < 1.29 is 4.79 Å². The van der Waals surface area contributed by atoms with Crippen LogP contribution in [0.25, 0.3) is 0 Å². The van der Waals surface area contributed by atoms with Crippen molar-refractivity contribution in [2.75, 3.05) is 6.54 Å². The van der Waals surface area contributed by atoms with Crippen LogP contribution in [-0.2, 0) is 4.79 Å². The molecule has 0 aromatic carbocycles. The zero-order chi connectivity index (χ0) is 10.9. The number of halogens is 1. The third-order valence-electron chi connectivity index (χ3n) is 3.68. The number of carbonyl (C=O) groups is 1. The first kappa shape index (κ1) is 12.0. The fourth-order valence-corrected chi connectivity index (χ4v) is 2.24. The van der Waals surface area contributed by atoms with Crippen molar-refractivity contribution in [3.8, 4) is 0 Å². The summed E-state index contributed by atoms with van der Waals surface area (Å²) in [5.74, 6) is 0.263. The maximum Gasteiger partial charge on any atom is 0.236 e. The molecule has 2 atom stereocenters. The van der Waals surface area contributed by atoms with Crippen LogP contribution in [0.2, 0.25) is 0 Å². The van der Waals surface area contributed by atoms with E-state index in [0.29, 0.717) is 6.04 Å². The second-order valence-electron chi connectivity index (χ2n) is 4.81. The van der Waals surface area contributed by atoms with Crippen molar-refractivity contribution in [1.29, 1.82) is 0 Å². The van der Waals surface area contributed by atoms with Gasteiger partial charge in [0.05, 0.1) is 4.83 Å². The molecule has 1 amide bonds. The fourth-order valence-electron chi connectivity index (χ4n) is 1.77. The molecule has 0 bridgehead atoms. The Morgan fingerprint density at radius 3 is 2.57 bits per heavy atom. The van der Waals surface area contributed by atoms with Gasteiger partial charge in [-0.2, -0.15) is 0 Å². The summed E-state index contributed by atoms with van der Waals surface area (Å²) in [6.07, 6.45) is 2.05. The first-order valence-corrected chi connectivity index (χ1v) is 6.26. The van der Waals surface area contributed by atoms with Crippen molar-refractivity contribution >= 4 is 21.8 Å². The minimum Gasteiger partial charge on any atom is -0.338 e. The fraction of sp³-hybridized carbons (Fsp3) is 0.909. The van der Waals surface area contributed by atoms with Gasteiger partial charge < -0.3 is 4.90 Å². The van der Waals surface area contributed by atoms with Crippen molar-refractivity contribution in [1.82, 2.24) is 4.90 Å². The zero-order valence-corrected chi connectivity index (χ0v) is 11.1. The smallest absolute Gasteiger partial charge is 0.236 e. The number of hydrogen-bond donors (Lipinski definition) is 0. The third-order valence-corrected chi connectivity index (χ3v) is 4.53. The predicted octanol–water partition coefficient (Wildman–Crippen LogP) is 2.81. The van der Waals surface area contributed by atoms with E-state index in [9.17, 15) is 4.79 Å². The number of nitrogens with zero attached hydrogens (tertiary/aromatic N) is 1. The van der Waals surface area contributed by atoms with E-state index in [4.69, 9.17) is 0 Å². The molecule has 1 heterocycles. The summed E-state index contributed by atoms with van der Waals surface area (Å²) in [7, 11) is 0. The van der Waals surface area contributed by atoms with Crippen molar-refractivity contribution in [3.05, 3.63) is 0 Å². The molecule has 1 saturated heterocycles. The molecule has 0 aromatic rings. The molecular formula is C11H20BrNO. The summed E-state index contributed by atoms with van der Waals surface area (Å²) < 4.78 is 0. The maximum absolute atomic E-state index is 11.8. The van der Waals surface area contributed by atoms with Crippen LogP contribution in [0.3, 0.4) is 0 Å². The van der Waals surface area contributed by atoms with Crippen LogP contribution in [0.4, 0.5) is 0 Å². The molecule has 14 heavy (non-hydrogen) atoms. The summed E-state index contributed by atoms with van der Waals surface area (Å²) >= 11 is 3.41. The van der Waals surface area contributed by atoms with Crippen LogP contribution >= 0.6 is 15.9 Å². The van der Waals surface area contributed by atoms with Crippen LogP contribution in [0.15, 0.2) is 0 Å². The van der Waals surface area contributed by atoms with Gasteiger partial charge in [-0.15, -0.1) is 0 Å². The van der Waals surface area contributed by atoms with E-state index < -0.39 is 0 Å². The molecule has 1 aliphatic heterocycles. The van der Waals surface area contributed by atoms with E-state index in [1.807, 2.05) is 4.90 Å². The first-order chi connectivity index (χ1) is 6.40. The van der Waals surface area contributed by atoms with E-state index in [-0.39, 0.29) is 16.1 Å². The van der Waals surface area contributed by atoms with Crippen molar-refractivity contribution in [3.63, 3.8) is 0 Å². The topological polar surface area (TPSA) is 20.3 Å². The lowest BCUT2D eigenvalue weighted by Gasteiger charge is -2.37. The van der Waals surface area contributed by atoms with Gasteiger partial charge in [0.15, 0.2) is 0 Å². The standard InChI is InChI=1S/C11H20BrNO/c1-5-11(3,4)8(2)13-7-6-9(12)10(13)14/h8-9H,5-7H2,1-4H3. The highest BCUT2D eigenvalue weighted by Crippen LogP contribution is 2.32. The van der Waals surface area contributed by atoms with Gasteiger partial charge in [0, 0.05) is 12.6 Å². The lowest BCUT2D eigenvalue weighted by molar-refractivity contribution is -0.131. The number of carbonyl (C=O) groups excluding carboxylic acids is 1. The molecule has 0 aromatic heterocycles. The minimum atomic E-state index is 0.0533. The van der Waals surface area contributed by atoms with Gasteiger partial charge >= 0.3 is 0 Å². The van der Waals surface area contributed by atoms with Crippen LogP contribution in [-0.4, -0.2) is 28.2 Å². The van der Waals surface area contributed by atoms with Gasteiger partial charge in [0.25, 0.3) is 0 Å². The third kappa shape index (κ3) is 2.13. The molecule has 0 aliphatic carbocycles. The highest BCUT2D eigenvalue weighted by Gasteiger charge is 2.38. The highest BCUT2D eigenvalue weighted by molar-refractivity contribution is 9.10. The van der Waals surface area contributed by atoms with Gasteiger partial charge in [-0.05, 0) is 25.2 Å². The lowest BCUT2D eigenvalue weighted by Crippen LogP contribution is -2.44. The molecule has 2 nitrogen and oxygen atoms in total. The first-order valence-electron chi connectivity index (χ1n) is 5.34. The van der Waals surface area contributed by atoms with Gasteiger partial charge in [0.2, 0.25) is 5.91 Å². The molecule has 0 saturated carbocycles. The molecule has 0 spiro atoms. The molecule has 0 N–H and O–H groups in total. The number of likely N-dealkylation sites (tertiary alicyclic amines) is 1. The Morgan fingerprint density at radius 2 is 2.21 bits per heavy atom. The molecule has 3 heteroatoms. The zero-order valence-electron chi connectivity index (χ0n) is 9.51. The highest BCUT2D eigenvalue weighted by atomic mass is 79.9. The van der Waals surface area contributed by atoms with Gasteiger partial charge in [-0.1, -0.05) is 36.7 Å². The number of rotatable bonds is 3. The molecule has 82 valence electrons. The average Bonchev–Trinajstić information content (AvgIpc) is 2.47. The molecule has 1 aliphatic rings. The quantitative estimate of drug-likeness (QED) is 0.716. The number of amides is 1. The SMILES string of the molecule is CCC(C)(C)C(C)N1CCC(Br)C1=O. The van der Waals surface area contributed by atoms with E-state index in [1.54, 1.807) is 0 Å². The maximum atomic E-state index is 11.8. The van der Waals surface area contributed by atoms with Gasteiger partial charge in [-0.3, -0.25) is 4.79 Å². The van der Waals surface area contributed by atoms with Gasteiger partial charge in [-0.25, -0.2) is 0 Å². The second kappa shape index (κ2) is 4.21. The van der Waals surface area contributed by atoms with Crippen LogP contribution in [0.5, 0.6) is 0 Å². The summed E-state index contributed by atoms with van der Waals surface area (Å²) in [4.78, 5) is 13.9. The summed E-state index contributed by atoms with van der Waals surface area (Å²) in [6, 6.07) is 0.336. The van der Waals surface area contributed by atoms with Gasteiger partial charge in [0.1, 0.15) is 0 Å². The Balaban J connectivity index is 2.71. The monoisotopic (exact) mass is 261 g/mol. The molecule has 1 fully saturated rings. The van der Waals surface area contributed by atoms with Crippen molar-refractivity contribution in [2.24, 2.45) is 5.41 Å². The van der Waals surface area contributed by atoms with Crippen LogP contribution < -0.4 is 0 Å². The van der Waals surface area contributed by atoms with E-state index in [2.05, 4.69) is 43.6 Å². The number of alkyl halides is 1. The van der Waals surface area contributed by atoms with E-state index >= 15 is 0 Å². The Bertz CT molecular complexity index is 227. The Labute approximate surface area is 95.2 Å². The summed E-state index contributed by atoms with van der Waals surface area (Å²) in [6.45, 7) is 9.70. The minimum absolute atomic E-state index is 0.0533. The van der Waals surface area contributed by atoms with Crippen LogP contribution in [0, 0.1) is 5.41 Å². The Hall–Kier alpha value is -0.0500. The molecular weight excluding hydrogens is 242 g/mol. The van der Waals surface area contributed by atoms with E-state index in [0.717, 1.165) is 19.4 Å². The van der Waals surface area contributed by atoms with Crippen LogP contribution in [0.1, 0.15) is 40.5 Å². The largest absolute Gasteiger partial charge is 0.338 e. The summed E-state index contributed by atoms with van der Waals surface area (Å²) in [5.41, 5.74) is 0.215. The molecule has 2 unspecified atom stereocenters. The van der Waals surface area contributed by atoms with E-state index in [1.165, 1.54) is 0 Å². The Morgan fingerprint density at radius 1 is 1.64 bits per heavy atom. The summed E-state index contributed by atoms with van der Waals surface area (Å²) in [5, 5.41) is 0. The molecule has 0 radical (unpaired) electrons. The number of hydrogen-bond acceptors (Lipinski definition) is 1. The predicted molar refractivity (Wildman–Crippen MR) is 62.6 cm³/mol. The van der Waals surface area contributed by atoms with Crippen molar-refractivity contribution in [2.45, 2.75) is 51.4 Å². The lowest BCUT2D eigenvalue weighted by atomic mass is 9.82.